The lowest BCUT2D eigenvalue weighted by molar-refractivity contribution is -0.122. The Balaban J connectivity index is 1.74. The molecule has 1 aromatic rings. The predicted octanol–water partition coefficient (Wildman–Crippen LogP) is 3.41. The minimum absolute atomic E-state index is 0.0890. The van der Waals surface area contributed by atoms with E-state index in [0.717, 1.165) is 5.56 Å². The highest BCUT2D eigenvalue weighted by atomic mass is 19.1. The van der Waals surface area contributed by atoms with Crippen LogP contribution in [0.1, 0.15) is 44.1 Å². The molecule has 0 spiro atoms. The van der Waals surface area contributed by atoms with E-state index in [0.29, 0.717) is 18.9 Å². The standard InChI is InChI=1S/C15H20FNO/c16-14-8-4-7-13(9-14)11-17-15(18)10-12-5-2-1-3-6-12/h4,7-9,12H,1-3,5-6,10-11H2,(H,17,18). The van der Waals surface area contributed by atoms with E-state index in [1.54, 1.807) is 6.07 Å². The van der Waals surface area contributed by atoms with Crippen molar-refractivity contribution in [2.75, 3.05) is 0 Å². The van der Waals surface area contributed by atoms with Crippen LogP contribution in [0.25, 0.3) is 0 Å². The Labute approximate surface area is 108 Å². The third-order valence-corrected chi connectivity index (χ3v) is 3.58. The minimum Gasteiger partial charge on any atom is -0.352 e. The minimum atomic E-state index is -0.256. The van der Waals surface area contributed by atoms with Gasteiger partial charge in [-0.1, -0.05) is 31.4 Å². The fourth-order valence-corrected chi connectivity index (χ4v) is 2.57. The second-order valence-corrected chi connectivity index (χ2v) is 5.11. The van der Waals surface area contributed by atoms with Gasteiger partial charge in [0.2, 0.25) is 5.91 Å². The fourth-order valence-electron chi connectivity index (χ4n) is 2.57. The molecule has 2 rings (SSSR count). The van der Waals surface area contributed by atoms with Crippen LogP contribution in [-0.4, -0.2) is 5.91 Å². The summed E-state index contributed by atoms with van der Waals surface area (Å²) in [6.07, 6.45) is 6.78. The molecule has 0 unspecified atom stereocenters. The zero-order valence-electron chi connectivity index (χ0n) is 10.6. The SMILES string of the molecule is O=C(CC1CCCCC1)NCc1cccc(F)c1. The van der Waals surface area contributed by atoms with Crippen molar-refractivity contribution in [2.24, 2.45) is 5.92 Å². The Morgan fingerprint density at radius 1 is 1.28 bits per heavy atom. The van der Waals surface area contributed by atoms with E-state index in [9.17, 15) is 9.18 Å². The van der Waals surface area contributed by atoms with Gasteiger partial charge in [0.15, 0.2) is 0 Å². The van der Waals surface area contributed by atoms with Gasteiger partial charge in [-0.3, -0.25) is 4.79 Å². The molecule has 3 heteroatoms. The van der Waals surface area contributed by atoms with Crippen LogP contribution in [0.5, 0.6) is 0 Å². The van der Waals surface area contributed by atoms with Gasteiger partial charge in [0.05, 0.1) is 0 Å². The summed E-state index contributed by atoms with van der Waals surface area (Å²) < 4.78 is 13.0. The molecule has 0 atom stereocenters. The molecular weight excluding hydrogens is 229 g/mol. The highest BCUT2D eigenvalue weighted by Gasteiger charge is 2.16. The van der Waals surface area contributed by atoms with Crippen LogP contribution in [0.3, 0.4) is 0 Å². The van der Waals surface area contributed by atoms with Gasteiger partial charge in [-0.25, -0.2) is 4.39 Å². The fraction of sp³-hybridized carbons (Fsp3) is 0.533. The second kappa shape index (κ2) is 6.53. The van der Waals surface area contributed by atoms with Gasteiger partial charge < -0.3 is 5.32 Å². The summed E-state index contributed by atoms with van der Waals surface area (Å²) >= 11 is 0. The molecule has 0 saturated heterocycles. The highest BCUT2D eigenvalue weighted by molar-refractivity contribution is 5.76. The lowest BCUT2D eigenvalue weighted by atomic mass is 9.87. The molecule has 1 amide bonds. The zero-order chi connectivity index (χ0) is 12.8. The molecule has 1 N–H and O–H groups in total. The molecule has 0 bridgehead atoms. The van der Waals surface area contributed by atoms with Gasteiger partial charge in [0.25, 0.3) is 0 Å². The molecule has 0 aromatic heterocycles. The van der Waals surface area contributed by atoms with Crippen molar-refractivity contribution < 1.29 is 9.18 Å². The van der Waals surface area contributed by atoms with Gasteiger partial charge in [0.1, 0.15) is 5.82 Å². The maximum Gasteiger partial charge on any atom is 0.220 e. The summed E-state index contributed by atoms with van der Waals surface area (Å²) in [5, 5.41) is 2.87. The Hall–Kier alpha value is -1.38. The normalized spacial score (nSPS) is 16.5. The predicted molar refractivity (Wildman–Crippen MR) is 69.4 cm³/mol. The second-order valence-electron chi connectivity index (χ2n) is 5.11. The van der Waals surface area contributed by atoms with E-state index in [-0.39, 0.29) is 11.7 Å². The molecule has 1 saturated carbocycles. The summed E-state index contributed by atoms with van der Waals surface area (Å²) in [5.41, 5.74) is 0.812. The number of hydrogen-bond donors (Lipinski definition) is 1. The van der Waals surface area contributed by atoms with E-state index in [1.807, 2.05) is 6.07 Å². The molecule has 2 nitrogen and oxygen atoms in total. The molecule has 0 heterocycles. The lowest BCUT2D eigenvalue weighted by Crippen LogP contribution is -2.25. The molecule has 98 valence electrons. The van der Waals surface area contributed by atoms with Crippen molar-refractivity contribution in [3.63, 3.8) is 0 Å². The van der Waals surface area contributed by atoms with Crippen LogP contribution >= 0.6 is 0 Å². The monoisotopic (exact) mass is 249 g/mol. The number of halogens is 1. The summed E-state index contributed by atoms with van der Waals surface area (Å²) in [7, 11) is 0. The van der Waals surface area contributed by atoms with Gasteiger partial charge in [0, 0.05) is 13.0 Å². The first-order valence-corrected chi connectivity index (χ1v) is 6.75. The van der Waals surface area contributed by atoms with Crippen LogP contribution in [0, 0.1) is 11.7 Å². The molecule has 0 aliphatic heterocycles. The molecule has 1 aromatic carbocycles. The molecule has 1 aliphatic rings. The summed E-state index contributed by atoms with van der Waals surface area (Å²) in [5.74, 6) is 0.381. The average molecular weight is 249 g/mol. The molecule has 1 fully saturated rings. The van der Waals surface area contributed by atoms with E-state index in [2.05, 4.69) is 5.32 Å². The van der Waals surface area contributed by atoms with Crippen molar-refractivity contribution in [1.82, 2.24) is 5.32 Å². The van der Waals surface area contributed by atoms with Gasteiger partial charge in [-0.2, -0.15) is 0 Å². The van der Waals surface area contributed by atoms with Gasteiger partial charge in [-0.05, 0) is 36.5 Å². The van der Waals surface area contributed by atoms with Crippen molar-refractivity contribution in [2.45, 2.75) is 45.1 Å². The Morgan fingerprint density at radius 3 is 2.78 bits per heavy atom. The smallest absolute Gasteiger partial charge is 0.220 e. The molecular formula is C15H20FNO. The maximum absolute atomic E-state index is 13.0. The largest absolute Gasteiger partial charge is 0.352 e. The van der Waals surface area contributed by atoms with Crippen LogP contribution < -0.4 is 5.32 Å². The number of carbonyl (C=O) groups is 1. The first kappa shape index (κ1) is 13.1. The number of rotatable bonds is 4. The van der Waals surface area contributed by atoms with E-state index in [4.69, 9.17) is 0 Å². The number of hydrogen-bond acceptors (Lipinski definition) is 1. The molecule has 1 aliphatic carbocycles. The average Bonchev–Trinajstić information content (AvgIpc) is 2.38. The first-order chi connectivity index (χ1) is 8.74. The maximum atomic E-state index is 13.0. The van der Waals surface area contributed by atoms with E-state index >= 15 is 0 Å². The Morgan fingerprint density at radius 2 is 2.06 bits per heavy atom. The zero-order valence-corrected chi connectivity index (χ0v) is 10.6. The van der Waals surface area contributed by atoms with Crippen LogP contribution in [0.2, 0.25) is 0 Å². The third kappa shape index (κ3) is 4.13. The number of benzene rings is 1. The number of nitrogens with one attached hydrogen (secondary N) is 1. The van der Waals surface area contributed by atoms with E-state index < -0.39 is 0 Å². The number of carbonyl (C=O) groups excluding carboxylic acids is 1. The van der Waals surface area contributed by atoms with Crippen molar-refractivity contribution in [3.05, 3.63) is 35.6 Å². The third-order valence-electron chi connectivity index (χ3n) is 3.58. The molecule has 0 radical (unpaired) electrons. The lowest BCUT2D eigenvalue weighted by Gasteiger charge is -2.20. The highest BCUT2D eigenvalue weighted by Crippen LogP contribution is 2.26. The van der Waals surface area contributed by atoms with Crippen molar-refractivity contribution in [1.29, 1.82) is 0 Å². The summed E-state index contributed by atoms with van der Waals surface area (Å²) in [6, 6.07) is 6.36. The van der Waals surface area contributed by atoms with Crippen LogP contribution in [0.15, 0.2) is 24.3 Å². The molecule has 18 heavy (non-hydrogen) atoms. The van der Waals surface area contributed by atoms with E-state index in [1.165, 1.54) is 44.2 Å². The Bertz CT molecular complexity index is 399. The van der Waals surface area contributed by atoms with Crippen molar-refractivity contribution >= 4 is 5.91 Å². The van der Waals surface area contributed by atoms with Crippen molar-refractivity contribution in [3.8, 4) is 0 Å². The number of amides is 1. The van der Waals surface area contributed by atoms with Crippen LogP contribution in [0.4, 0.5) is 4.39 Å². The quantitative estimate of drug-likeness (QED) is 0.870. The van der Waals surface area contributed by atoms with Gasteiger partial charge in [-0.15, -0.1) is 0 Å². The Kier molecular flexibility index (Phi) is 4.73. The topological polar surface area (TPSA) is 29.1 Å². The summed E-state index contributed by atoms with van der Waals surface area (Å²) in [4.78, 5) is 11.8. The first-order valence-electron chi connectivity index (χ1n) is 6.75. The van der Waals surface area contributed by atoms with Gasteiger partial charge >= 0.3 is 0 Å². The van der Waals surface area contributed by atoms with Crippen LogP contribution in [-0.2, 0) is 11.3 Å². The summed E-state index contributed by atoms with van der Waals surface area (Å²) in [6.45, 7) is 0.420.